The summed E-state index contributed by atoms with van der Waals surface area (Å²) in [6.45, 7) is 0. The van der Waals surface area contributed by atoms with Crippen molar-refractivity contribution >= 4 is 17.7 Å². The molecule has 2 aromatic heterocycles. The highest BCUT2D eigenvalue weighted by Crippen LogP contribution is 2.45. The van der Waals surface area contributed by atoms with Gasteiger partial charge in [-0.1, -0.05) is 5.21 Å². The highest BCUT2D eigenvalue weighted by Gasteiger charge is 2.50. The first-order chi connectivity index (χ1) is 11.4. The molecule has 2 aromatic rings. The van der Waals surface area contributed by atoms with E-state index in [1.807, 2.05) is 6.07 Å². The molecule has 0 unspecified atom stereocenters. The van der Waals surface area contributed by atoms with Crippen LogP contribution in [0.2, 0.25) is 0 Å². The molecular formula is C14H13N7O3. The molecule has 0 spiro atoms. The topological polar surface area (TPSA) is 149 Å². The molecule has 1 aliphatic rings. The Hall–Kier alpha value is -3.48. The van der Waals surface area contributed by atoms with Gasteiger partial charge in [-0.05, 0) is 25.0 Å². The zero-order valence-electron chi connectivity index (χ0n) is 12.7. The van der Waals surface area contributed by atoms with Gasteiger partial charge < -0.3 is 15.8 Å². The van der Waals surface area contributed by atoms with E-state index in [0.29, 0.717) is 24.2 Å². The van der Waals surface area contributed by atoms with Gasteiger partial charge in [0.25, 0.3) is 5.88 Å². The van der Waals surface area contributed by atoms with Crippen LogP contribution >= 0.6 is 0 Å². The molecule has 3 rings (SSSR count). The van der Waals surface area contributed by atoms with Gasteiger partial charge in [0.05, 0.1) is 23.6 Å². The summed E-state index contributed by atoms with van der Waals surface area (Å²) in [5.74, 6) is -0.273. The standard InChI is InChI=1S/C14H13N7O3/c1-21-11(24-13(16)23)10(19-20-21)9-3-2-8(6-17-9)18-12(22)14(7-15)4-5-14/h2-3,6H,4-5H2,1H3,(H2,16,23)(H,18,22). The number of anilines is 1. The lowest BCUT2D eigenvalue weighted by atomic mass is 10.1. The second-order valence-electron chi connectivity index (χ2n) is 5.37. The Morgan fingerprint density at radius 3 is 2.75 bits per heavy atom. The van der Waals surface area contributed by atoms with Crippen molar-refractivity contribution < 1.29 is 14.3 Å². The minimum atomic E-state index is -0.989. The predicted molar refractivity (Wildman–Crippen MR) is 80.4 cm³/mol. The summed E-state index contributed by atoms with van der Waals surface area (Å²) in [5, 5.41) is 19.3. The quantitative estimate of drug-likeness (QED) is 0.833. The summed E-state index contributed by atoms with van der Waals surface area (Å²) in [5.41, 5.74) is 5.18. The number of rotatable bonds is 4. The van der Waals surface area contributed by atoms with Crippen molar-refractivity contribution in [2.24, 2.45) is 18.2 Å². The molecule has 10 nitrogen and oxygen atoms in total. The largest absolute Gasteiger partial charge is 0.411 e. The van der Waals surface area contributed by atoms with Gasteiger partial charge in [-0.3, -0.25) is 9.78 Å². The SMILES string of the molecule is Cn1nnc(-c2ccc(NC(=O)C3(C#N)CC3)cn2)c1OC(N)=O. The second-order valence-corrected chi connectivity index (χ2v) is 5.37. The summed E-state index contributed by atoms with van der Waals surface area (Å²) < 4.78 is 6.12. The molecule has 0 bridgehead atoms. The number of ether oxygens (including phenoxy) is 1. The number of nitriles is 1. The van der Waals surface area contributed by atoms with Gasteiger partial charge >= 0.3 is 6.09 Å². The van der Waals surface area contributed by atoms with E-state index in [9.17, 15) is 9.59 Å². The number of aryl methyl sites for hydroxylation is 1. The predicted octanol–water partition coefficient (Wildman–Crippen LogP) is 0.577. The molecule has 0 atom stereocenters. The van der Waals surface area contributed by atoms with Gasteiger partial charge in [-0.15, -0.1) is 5.10 Å². The molecule has 2 amide bonds. The van der Waals surface area contributed by atoms with E-state index in [-0.39, 0.29) is 17.5 Å². The zero-order chi connectivity index (χ0) is 17.3. The fraction of sp³-hybridized carbons (Fsp3) is 0.286. The smallest absolute Gasteiger partial charge is 0.389 e. The highest BCUT2D eigenvalue weighted by molar-refractivity contribution is 5.99. The summed E-state index contributed by atoms with van der Waals surface area (Å²) in [6.07, 6.45) is 1.56. The van der Waals surface area contributed by atoms with Crippen molar-refractivity contribution in [1.82, 2.24) is 20.0 Å². The molecule has 3 N–H and O–H groups in total. The lowest BCUT2D eigenvalue weighted by molar-refractivity contribution is -0.119. The number of carbonyl (C=O) groups is 2. The van der Waals surface area contributed by atoms with Crippen molar-refractivity contribution in [2.75, 3.05) is 5.32 Å². The van der Waals surface area contributed by atoms with Crippen LogP contribution < -0.4 is 15.8 Å². The first-order valence-electron chi connectivity index (χ1n) is 7.01. The van der Waals surface area contributed by atoms with Gasteiger partial charge in [0.15, 0.2) is 5.69 Å². The molecule has 2 heterocycles. The minimum absolute atomic E-state index is 0.0631. The minimum Gasteiger partial charge on any atom is -0.389 e. The third kappa shape index (κ3) is 2.74. The van der Waals surface area contributed by atoms with E-state index in [1.165, 1.54) is 10.9 Å². The summed E-state index contributed by atoms with van der Waals surface area (Å²) in [7, 11) is 1.54. The summed E-state index contributed by atoms with van der Waals surface area (Å²) in [6, 6.07) is 5.21. The van der Waals surface area contributed by atoms with E-state index in [2.05, 4.69) is 20.6 Å². The van der Waals surface area contributed by atoms with Crippen LogP contribution in [-0.2, 0) is 11.8 Å². The number of pyridine rings is 1. The van der Waals surface area contributed by atoms with Crippen LogP contribution in [0.3, 0.4) is 0 Å². The molecule has 122 valence electrons. The maximum absolute atomic E-state index is 12.0. The van der Waals surface area contributed by atoms with Crippen molar-refractivity contribution in [3.63, 3.8) is 0 Å². The highest BCUT2D eigenvalue weighted by atomic mass is 16.6. The van der Waals surface area contributed by atoms with Crippen LogP contribution in [0.5, 0.6) is 5.88 Å². The van der Waals surface area contributed by atoms with E-state index < -0.39 is 11.5 Å². The second kappa shape index (κ2) is 5.62. The molecule has 10 heteroatoms. The van der Waals surface area contributed by atoms with E-state index in [0.717, 1.165) is 0 Å². The molecule has 0 radical (unpaired) electrons. The maximum Gasteiger partial charge on any atom is 0.411 e. The lowest BCUT2D eigenvalue weighted by Crippen LogP contribution is -2.22. The Balaban J connectivity index is 1.79. The number of amides is 2. The molecule has 1 aliphatic carbocycles. The molecular weight excluding hydrogens is 314 g/mol. The van der Waals surface area contributed by atoms with Crippen LogP contribution in [0.4, 0.5) is 10.5 Å². The van der Waals surface area contributed by atoms with Gasteiger partial charge in [0, 0.05) is 7.05 Å². The van der Waals surface area contributed by atoms with Gasteiger partial charge in [0.2, 0.25) is 5.91 Å². The van der Waals surface area contributed by atoms with Crippen molar-refractivity contribution in [3.8, 4) is 23.3 Å². The molecule has 0 aliphatic heterocycles. The van der Waals surface area contributed by atoms with Gasteiger partial charge in [-0.25, -0.2) is 9.48 Å². The first-order valence-corrected chi connectivity index (χ1v) is 7.01. The fourth-order valence-corrected chi connectivity index (χ4v) is 2.09. The maximum atomic E-state index is 12.0. The van der Waals surface area contributed by atoms with Crippen LogP contribution in [0.15, 0.2) is 18.3 Å². The average Bonchev–Trinajstić information content (AvgIpc) is 3.29. The molecule has 1 fully saturated rings. The third-order valence-electron chi connectivity index (χ3n) is 3.64. The number of nitrogens with two attached hydrogens (primary N) is 1. The molecule has 1 saturated carbocycles. The van der Waals surface area contributed by atoms with E-state index in [4.69, 9.17) is 15.7 Å². The lowest BCUT2D eigenvalue weighted by Gasteiger charge is -2.08. The fourth-order valence-electron chi connectivity index (χ4n) is 2.09. The number of nitrogens with one attached hydrogen (secondary N) is 1. The Bertz CT molecular complexity index is 846. The van der Waals surface area contributed by atoms with Crippen LogP contribution in [-0.4, -0.2) is 32.0 Å². The van der Waals surface area contributed by atoms with Crippen molar-refractivity contribution in [3.05, 3.63) is 18.3 Å². The van der Waals surface area contributed by atoms with Crippen molar-refractivity contribution in [1.29, 1.82) is 5.26 Å². The Morgan fingerprint density at radius 1 is 1.46 bits per heavy atom. The summed E-state index contributed by atoms with van der Waals surface area (Å²) >= 11 is 0. The number of hydrogen-bond acceptors (Lipinski definition) is 7. The van der Waals surface area contributed by atoms with Crippen LogP contribution in [0, 0.1) is 16.7 Å². The number of primary amides is 1. The van der Waals surface area contributed by atoms with Crippen LogP contribution in [0.25, 0.3) is 11.4 Å². The summed E-state index contributed by atoms with van der Waals surface area (Å²) in [4.78, 5) is 27.1. The number of nitrogens with zero attached hydrogens (tertiary/aromatic N) is 5. The zero-order valence-corrected chi connectivity index (χ0v) is 12.7. The van der Waals surface area contributed by atoms with Crippen LogP contribution in [0.1, 0.15) is 12.8 Å². The Kier molecular flexibility index (Phi) is 3.61. The van der Waals surface area contributed by atoms with Gasteiger partial charge in [0.1, 0.15) is 5.41 Å². The van der Waals surface area contributed by atoms with E-state index in [1.54, 1.807) is 19.2 Å². The van der Waals surface area contributed by atoms with Crippen molar-refractivity contribution in [2.45, 2.75) is 12.8 Å². The number of hydrogen-bond donors (Lipinski definition) is 2. The molecule has 24 heavy (non-hydrogen) atoms. The Labute approximate surface area is 136 Å². The normalized spacial score (nSPS) is 14.5. The number of aromatic nitrogens is 4. The van der Waals surface area contributed by atoms with Gasteiger partial charge in [-0.2, -0.15) is 5.26 Å². The average molecular weight is 327 g/mol. The monoisotopic (exact) mass is 327 g/mol. The Morgan fingerprint density at radius 2 is 2.21 bits per heavy atom. The first kappa shape index (κ1) is 15.4. The third-order valence-corrected chi connectivity index (χ3v) is 3.64. The number of carbonyl (C=O) groups excluding carboxylic acids is 2. The molecule has 0 aromatic carbocycles. The van der Waals surface area contributed by atoms with E-state index >= 15 is 0 Å². The molecule has 0 saturated heterocycles.